The van der Waals surface area contributed by atoms with Crippen molar-refractivity contribution in [1.82, 2.24) is 13.7 Å². The molecule has 0 atom stereocenters. The number of ketones is 1. The number of sulfonamides is 1. The normalized spacial score (nSPS) is 11.9. The lowest BCUT2D eigenvalue weighted by molar-refractivity contribution is 0.101. The van der Waals surface area contributed by atoms with Crippen molar-refractivity contribution < 1.29 is 13.2 Å². The van der Waals surface area contributed by atoms with Gasteiger partial charge in [0.2, 0.25) is 10.0 Å². The van der Waals surface area contributed by atoms with Crippen LogP contribution in [0.5, 0.6) is 0 Å². The van der Waals surface area contributed by atoms with E-state index >= 15 is 0 Å². The number of carbonyl (C=O) groups is 1. The molecule has 8 heteroatoms. The minimum atomic E-state index is -3.78. The Labute approximate surface area is 157 Å². The Morgan fingerprint density at radius 2 is 1.81 bits per heavy atom. The molecule has 0 aliphatic rings. The van der Waals surface area contributed by atoms with E-state index in [2.05, 4.69) is 4.98 Å². The summed E-state index contributed by atoms with van der Waals surface area (Å²) in [6.07, 6.45) is 1.64. The molecule has 0 amide bonds. The van der Waals surface area contributed by atoms with E-state index in [0.717, 1.165) is 9.87 Å². The van der Waals surface area contributed by atoms with Crippen molar-refractivity contribution in [2.24, 2.45) is 0 Å². The Morgan fingerprint density at radius 1 is 1.15 bits per heavy atom. The van der Waals surface area contributed by atoms with Crippen molar-refractivity contribution in [3.8, 4) is 0 Å². The number of hydrogen-bond acceptors (Lipinski definition) is 5. The first kappa shape index (κ1) is 18.9. The maximum Gasteiger partial charge on any atom is 0.258 e. The molecule has 0 radical (unpaired) electrons. The molecule has 0 aliphatic carbocycles. The molecule has 7 nitrogen and oxygen atoms in total. The molecular formula is C19H19N3O4S. The molecule has 2 heterocycles. The number of hydrogen-bond donors (Lipinski definition) is 0. The first-order valence-electron chi connectivity index (χ1n) is 8.25. The highest BCUT2D eigenvalue weighted by Gasteiger charge is 2.22. The molecule has 0 saturated heterocycles. The van der Waals surface area contributed by atoms with E-state index in [1.165, 1.54) is 48.7 Å². The summed E-state index contributed by atoms with van der Waals surface area (Å²) >= 11 is 0. The number of rotatable bonds is 5. The average molecular weight is 385 g/mol. The molecule has 3 aromatic rings. The Balaban J connectivity index is 1.91. The van der Waals surface area contributed by atoms with Crippen LogP contribution in [0.15, 0.2) is 58.4 Å². The number of Topliss-reactive ketones (excluding diaryl/α,β-unsaturated/α-hetero) is 1. The van der Waals surface area contributed by atoms with E-state index in [4.69, 9.17) is 0 Å². The van der Waals surface area contributed by atoms with Crippen molar-refractivity contribution in [2.45, 2.75) is 25.3 Å². The highest BCUT2D eigenvalue weighted by molar-refractivity contribution is 7.89. The number of aromatic nitrogens is 2. The van der Waals surface area contributed by atoms with Gasteiger partial charge in [0, 0.05) is 24.9 Å². The molecule has 140 valence electrons. The minimum absolute atomic E-state index is 0.0452. The van der Waals surface area contributed by atoms with Gasteiger partial charge in [-0.3, -0.25) is 14.0 Å². The van der Waals surface area contributed by atoms with Gasteiger partial charge in [-0.05, 0) is 43.7 Å². The molecule has 27 heavy (non-hydrogen) atoms. The molecule has 0 bridgehead atoms. The van der Waals surface area contributed by atoms with Crippen LogP contribution in [0.3, 0.4) is 0 Å². The molecule has 0 fully saturated rings. The molecule has 0 spiro atoms. The van der Waals surface area contributed by atoms with Crippen LogP contribution in [0.1, 0.15) is 28.5 Å². The summed E-state index contributed by atoms with van der Waals surface area (Å²) in [5.41, 5.74) is 1.94. The van der Waals surface area contributed by atoms with E-state index in [-0.39, 0.29) is 22.8 Å². The maximum atomic E-state index is 12.8. The Bertz CT molecular complexity index is 1180. The van der Waals surface area contributed by atoms with E-state index in [1.807, 2.05) is 6.92 Å². The van der Waals surface area contributed by atoms with Crippen molar-refractivity contribution in [2.75, 3.05) is 7.05 Å². The average Bonchev–Trinajstić information content (AvgIpc) is 2.61. The zero-order valence-electron chi connectivity index (χ0n) is 15.2. The molecule has 3 rings (SSSR count). The molecular weight excluding hydrogens is 366 g/mol. The molecule has 0 unspecified atom stereocenters. The van der Waals surface area contributed by atoms with Crippen LogP contribution < -0.4 is 5.56 Å². The summed E-state index contributed by atoms with van der Waals surface area (Å²) in [5.74, 6) is -0.136. The van der Waals surface area contributed by atoms with Crippen LogP contribution >= 0.6 is 0 Å². The largest absolute Gasteiger partial charge is 0.295 e. The van der Waals surface area contributed by atoms with Crippen LogP contribution in [-0.4, -0.2) is 34.9 Å². The summed E-state index contributed by atoms with van der Waals surface area (Å²) < 4.78 is 28.0. The lowest BCUT2D eigenvalue weighted by Crippen LogP contribution is -2.28. The van der Waals surface area contributed by atoms with E-state index in [0.29, 0.717) is 16.9 Å². The molecule has 1 aromatic carbocycles. The van der Waals surface area contributed by atoms with Crippen LogP contribution in [0.4, 0.5) is 0 Å². The summed E-state index contributed by atoms with van der Waals surface area (Å²) in [5, 5.41) is 0. The predicted octanol–water partition coefficient (Wildman–Crippen LogP) is 2.03. The van der Waals surface area contributed by atoms with Crippen molar-refractivity contribution in [3.05, 3.63) is 75.8 Å². The number of pyridine rings is 1. The van der Waals surface area contributed by atoms with Gasteiger partial charge in [-0.15, -0.1) is 0 Å². The van der Waals surface area contributed by atoms with Crippen LogP contribution in [0.25, 0.3) is 5.65 Å². The summed E-state index contributed by atoms with van der Waals surface area (Å²) in [6, 6.07) is 10.6. The second-order valence-electron chi connectivity index (χ2n) is 6.36. The highest BCUT2D eigenvalue weighted by Crippen LogP contribution is 2.17. The standard InChI is InChI=1S/C19H19N3O4S/c1-13-8-9-22-18(10-13)20-16(11-19(22)24)12-21(3)27(25,26)17-6-4-15(5-7-17)14(2)23/h4-11H,12H2,1-3H3. The zero-order valence-corrected chi connectivity index (χ0v) is 16.0. The Kier molecular flexibility index (Phi) is 4.95. The zero-order chi connectivity index (χ0) is 19.8. The number of aryl methyl sites for hydroxylation is 1. The quantitative estimate of drug-likeness (QED) is 0.627. The second kappa shape index (κ2) is 7.05. The van der Waals surface area contributed by atoms with Gasteiger partial charge in [0.05, 0.1) is 17.1 Å². The fourth-order valence-corrected chi connectivity index (χ4v) is 3.83. The van der Waals surface area contributed by atoms with Crippen molar-refractivity contribution >= 4 is 21.5 Å². The van der Waals surface area contributed by atoms with E-state index in [9.17, 15) is 18.0 Å². The van der Waals surface area contributed by atoms with Gasteiger partial charge < -0.3 is 0 Å². The van der Waals surface area contributed by atoms with Crippen molar-refractivity contribution in [1.29, 1.82) is 0 Å². The number of carbonyl (C=O) groups excluding carboxylic acids is 1. The Hall–Kier alpha value is -2.84. The lowest BCUT2D eigenvalue weighted by atomic mass is 10.2. The first-order valence-corrected chi connectivity index (χ1v) is 9.69. The van der Waals surface area contributed by atoms with Gasteiger partial charge in [-0.25, -0.2) is 13.4 Å². The summed E-state index contributed by atoms with van der Waals surface area (Å²) in [4.78, 5) is 28.0. The summed E-state index contributed by atoms with van der Waals surface area (Å²) in [7, 11) is -2.36. The minimum Gasteiger partial charge on any atom is -0.295 e. The third-order valence-corrected chi connectivity index (χ3v) is 6.05. The fourth-order valence-electron chi connectivity index (χ4n) is 2.69. The first-order chi connectivity index (χ1) is 12.7. The summed E-state index contributed by atoms with van der Waals surface area (Å²) in [6.45, 7) is 3.26. The Morgan fingerprint density at radius 3 is 2.44 bits per heavy atom. The number of nitrogens with zero attached hydrogens (tertiary/aromatic N) is 3. The molecule has 2 aromatic heterocycles. The van der Waals surface area contributed by atoms with Gasteiger partial charge in [0.25, 0.3) is 5.56 Å². The molecule has 0 saturated carbocycles. The topological polar surface area (TPSA) is 88.8 Å². The highest BCUT2D eigenvalue weighted by atomic mass is 32.2. The van der Waals surface area contributed by atoms with Crippen LogP contribution in [-0.2, 0) is 16.6 Å². The van der Waals surface area contributed by atoms with Gasteiger partial charge in [-0.2, -0.15) is 4.31 Å². The third-order valence-electron chi connectivity index (χ3n) is 4.23. The van der Waals surface area contributed by atoms with Gasteiger partial charge in [0.15, 0.2) is 5.78 Å². The second-order valence-corrected chi connectivity index (χ2v) is 8.40. The number of benzene rings is 1. The fraction of sp³-hybridized carbons (Fsp3) is 0.211. The molecule has 0 aliphatic heterocycles. The third kappa shape index (κ3) is 3.81. The van der Waals surface area contributed by atoms with E-state index in [1.54, 1.807) is 18.3 Å². The monoisotopic (exact) mass is 385 g/mol. The van der Waals surface area contributed by atoms with Gasteiger partial charge in [0.1, 0.15) is 5.65 Å². The van der Waals surface area contributed by atoms with Gasteiger partial charge >= 0.3 is 0 Å². The van der Waals surface area contributed by atoms with Crippen LogP contribution in [0.2, 0.25) is 0 Å². The molecule has 0 N–H and O–H groups in total. The SMILES string of the molecule is CC(=O)c1ccc(S(=O)(=O)N(C)Cc2cc(=O)n3ccc(C)cc3n2)cc1. The maximum absolute atomic E-state index is 12.8. The smallest absolute Gasteiger partial charge is 0.258 e. The van der Waals surface area contributed by atoms with E-state index < -0.39 is 10.0 Å². The predicted molar refractivity (Wildman–Crippen MR) is 101 cm³/mol. The van der Waals surface area contributed by atoms with Crippen LogP contribution in [0, 0.1) is 6.92 Å². The van der Waals surface area contributed by atoms with Gasteiger partial charge in [-0.1, -0.05) is 12.1 Å². The number of fused-ring (bicyclic) bond motifs is 1. The van der Waals surface area contributed by atoms with Crippen molar-refractivity contribution in [3.63, 3.8) is 0 Å². The lowest BCUT2D eigenvalue weighted by Gasteiger charge is -2.17.